The van der Waals surface area contributed by atoms with Gasteiger partial charge in [-0.05, 0) is 38.1 Å². The van der Waals surface area contributed by atoms with Crippen LogP contribution in [0.1, 0.15) is 29.8 Å². The summed E-state index contributed by atoms with van der Waals surface area (Å²) in [7, 11) is 0. The van der Waals surface area contributed by atoms with Crippen LogP contribution in [0.3, 0.4) is 0 Å². The van der Waals surface area contributed by atoms with E-state index >= 15 is 0 Å². The molecule has 0 radical (unpaired) electrons. The van der Waals surface area contributed by atoms with Crippen molar-refractivity contribution in [2.45, 2.75) is 20.0 Å². The van der Waals surface area contributed by atoms with Gasteiger partial charge in [0, 0.05) is 16.8 Å². The summed E-state index contributed by atoms with van der Waals surface area (Å²) < 4.78 is 5.59. The number of ketones is 1. The van der Waals surface area contributed by atoms with Crippen molar-refractivity contribution in [3.63, 3.8) is 0 Å². The third kappa shape index (κ3) is 3.13. The number of ether oxygens (including phenoxy) is 1. The highest BCUT2D eigenvalue weighted by Crippen LogP contribution is 2.20. The second kappa shape index (κ2) is 5.57. The fourth-order valence-corrected chi connectivity index (χ4v) is 1.84. The molecule has 0 heterocycles. The third-order valence-corrected chi connectivity index (χ3v) is 2.67. The first-order valence-corrected chi connectivity index (χ1v) is 6.24. The summed E-state index contributed by atoms with van der Waals surface area (Å²) in [5.74, 6) is 0.600. The van der Waals surface area contributed by atoms with Crippen LogP contribution in [0.2, 0.25) is 0 Å². The zero-order chi connectivity index (χ0) is 13.8. The van der Waals surface area contributed by atoms with Gasteiger partial charge in [-0.1, -0.05) is 24.3 Å². The van der Waals surface area contributed by atoms with E-state index < -0.39 is 0 Å². The van der Waals surface area contributed by atoms with E-state index in [4.69, 9.17) is 10.5 Å². The van der Waals surface area contributed by atoms with Crippen LogP contribution in [0, 0.1) is 0 Å². The van der Waals surface area contributed by atoms with E-state index in [9.17, 15) is 4.79 Å². The van der Waals surface area contributed by atoms with Crippen LogP contribution in [-0.4, -0.2) is 11.9 Å². The second-order valence-corrected chi connectivity index (χ2v) is 4.61. The summed E-state index contributed by atoms with van der Waals surface area (Å²) in [5.41, 5.74) is 7.41. The molecule has 0 spiro atoms. The molecule has 19 heavy (non-hydrogen) atoms. The van der Waals surface area contributed by atoms with Gasteiger partial charge in [-0.2, -0.15) is 0 Å². The van der Waals surface area contributed by atoms with E-state index in [1.807, 2.05) is 32.0 Å². The predicted octanol–water partition coefficient (Wildman–Crippen LogP) is 3.29. The topological polar surface area (TPSA) is 52.3 Å². The van der Waals surface area contributed by atoms with Gasteiger partial charge < -0.3 is 10.5 Å². The standard InChI is InChI=1S/C16H17NO2/c1-11(2)19-13-7-5-6-12(10-13)16(18)14-8-3-4-9-15(14)17/h3-11H,17H2,1-2H3. The van der Waals surface area contributed by atoms with E-state index in [0.29, 0.717) is 22.6 Å². The average molecular weight is 255 g/mol. The Kier molecular flexibility index (Phi) is 3.85. The molecule has 0 saturated carbocycles. The number of nitrogen functional groups attached to an aromatic ring is 1. The average Bonchev–Trinajstić information content (AvgIpc) is 2.38. The lowest BCUT2D eigenvalue weighted by molar-refractivity contribution is 0.103. The summed E-state index contributed by atoms with van der Waals surface area (Å²) in [4.78, 5) is 12.4. The molecule has 3 heteroatoms. The van der Waals surface area contributed by atoms with Crippen molar-refractivity contribution < 1.29 is 9.53 Å². The highest BCUT2D eigenvalue weighted by atomic mass is 16.5. The van der Waals surface area contributed by atoms with Gasteiger partial charge in [-0.15, -0.1) is 0 Å². The molecule has 98 valence electrons. The first kappa shape index (κ1) is 13.1. The first-order valence-electron chi connectivity index (χ1n) is 6.24. The summed E-state index contributed by atoms with van der Waals surface area (Å²) >= 11 is 0. The quantitative estimate of drug-likeness (QED) is 0.673. The Labute approximate surface area is 113 Å². The van der Waals surface area contributed by atoms with Gasteiger partial charge in [0.25, 0.3) is 0 Å². The molecule has 0 bridgehead atoms. The summed E-state index contributed by atoms with van der Waals surface area (Å²) in [6.45, 7) is 3.90. The number of benzene rings is 2. The van der Waals surface area contributed by atoms with Gasteiger partial charge >= 0.3 is 0 Å². The smallest absolute Gasteiger partial charge is 0.195 e. The lowest BCUT2D eigenvalue weighted by Gasteiger charge is -2.11. The monoisotopic (exact) mass is 255 g/mol. The molecule has 0 amide bonds. The molecule has 3 nitrogen and oxygen atoms in total. The lowest BCUT2D eigenvalue weighted by Crippen LogP contribution is -2.08. The molecule has 0 saturated heterocycles. The summed E-state index contributed by atoms with van der Waals surface area (Å²) in [5, 5.41) is 0. The van der Waals surface area contributed by atoms with Crippen molar-refractivity contribution in [1.82, 2.24) is 0 Å². The normalized spacial score (nSPS) is 10.5. The number of hydrogen-bond donors (Lipinski definition) is 1. The molecule has 0 aromatic heterocycles. The fraction of sp³-hybridized carbons (Fsp3) is 0.188. The predicted molar refractivity (Wildman–Crippen MR) is 76.5 cm³/mol. The zero-order valence-corrected chi connectivity index (χ0v) is 11.1. The number of nitrogens with two attached hydrogens (primary N) is 1. The highest BCUT2D eigenvalue weighted by molar-refractivity contribution is 6.12. The largest absolute Gasteiger partial charge is 0.491 e. The Bertz CT molecular complexity index is 591. The van der Waals surface area contributed by atoms with Crippen molar-refractivity contribution in [1.29, 1.82) is 0 Å². The SMILES string of the molecule is CC(C)Oc1cccc(C(=O)c2ccccc2N)c1. The van der Waals surface area contributed by atoms with Crippen molar-refractivity contribution in [2.24, 2.45) is 0 Å². The Morgan fingerprint density at radius 2 is 1.84 bits per heavy atom. The van der Waals surface area contributed by atoms with E-state index in [2.05, 4.69) is 0 Å². The maximum Gasteiger partial charge on any atom is 0.195 e. The molecule has 2 aromatic rings. The molecule has 0 atom stereocenters. The first-order chi connectivity index (χ1) is 9.08. The zero-order valence-electron chi connectivity index (χ0n) is 11.1. The van der Waals surface area contributed by atoms with Gasteiger partial charge in [0.15, 0.2) is 5.78 Å². The maximum atomic E-state index is 12.4. The molecule has 0 unspecified atom stereocenters. The van der Waals surface area contributed by atoms with Gasteiger partial charge in [0.1, 0.15) is 5.75 Å². The van der Waals surface area contributed by atoms with Crippen molar-refractivity contribution in [3.8, 4) is 5.75 Å². The number of carbonyl (C=O) groups excluding carboxylic acids is 1. The number of para-hydroxylation sites is 1. The second-order valence-electron chi connectivity index (χ2n) is 4.61. The van der Waals surface area contributed by atoms with Crippen LogP contribution >= 0.6 is 0 Å². The summed E-state index contributed by atoms with van der Waals surface area (Å²) in [6, 6.07) is 14.2. The Balaban J connectivity index is 2.32. The minimum atomic E-state index is -0.0905. The van der Waals surface area contributed by atoms with Crippen molar-refractivity contribution in [3.05, 3.63) is 59.7 Å². The molecule has 2 N–H and O–H groups in total. The van der Waals surface area contributed by atoms with Crippen LogP contribution in [-0.2, 0) is 0 Å². The number of rotatable bonds is 4. The van der Waals surface area contributed by atoms with Gasteiger partial charge in [0.2, 0.25) is 0 Å². The van der Waals surface area contributed by atoms with E-state index in [-0.39, 0.29) is 11.9 Å². The minimum absolute atomic E-state index is 0.0761. The Hall–Kier alpha value is -2.29. The van der Waals surface area contributed by atoms with Gasteiger partial charge in [-0.25, -0.2) is 0 Å². The van der Waals surface area contributed by atoms with E-state index in [0.717, 1.165) is 0 Å². The summed E-state index contributed by atoms with van der Waals surface area (Å²) in [6.07, 6.45) is 0.0761. The van der Waals surface area contributed by atoms with Crippen molar-refractivity contribution in [2.75, 3.05) is 5.73 Å². The highest BCUT2D eigenvalue weighted by Gasteiger charge is 2.12. The van der Waals surface area contributed by atoms with Gasteiger partial charge in [0.05, 0.1) is 6.10 Å². The molecule has 0 fully saturated rings. The number of carbonyl (C=O) groups is 1. The minimum Gasteiger partial charge on any atom is -0.491 e. The van der Waals surface area contributed by atoms with Gasteiger partial charge in [-0.3, -0.25) is 4.79 Å². The van der Waals surface area contributed by atoms with Crippen molar-refractivity contribution >= 4 is 11.5 Å². The molecule has 2 rings (SSSR count). The molecular formula is C16H17NO2. The Morgan fingerprint density at radius 3 is 2.53 bits per heavy atom. The van der Waals surface area contributed by atoms with Crippen LogP contribution < -0.4 is 10.5 Å². The molecule has 0 aliphatic heterocycles. The fourth-order valence-electron chi connectivity index (χ4n) is 1.84. The number of hydrogen-bond acceptors (Lipinski definition) is 3. The van der Waals surface area contributed by atoms with E-state index in [1.54, 1.807) is 30.3 Å². The lowest BCUT2D eigenvalue weighted by atomic mass is 10.0. The molecule has 2 aromatic carbocycles. The number of anilines is 1. The molecule has 0 aliphatic rings. The van der Waals surface area contributed by atoms with E-state index in [1.165, 1.54) is 0 Å². The van der Waals surface area contributed by atoms with Crippen LogP contribution in [0.5, 0.6) is 5.75 Å². The van der Waals surface area contributed by atoms with Crippen LogP contribution in [0.25, 0.3) is 0 Å². The van der Waals surface area contributed by atoms with Crippen LogP contribution in [0.15, 0.2) is 48.5 Å². The Morgan fingerprint density at radius 1 is 1.11 bits per heavy atom. The third-order valence-electron chi connectivity index (χ3n) is 2.67. The molecular weight excluding hydrogens is 238 g/mol. The van der Waals surface area contributed by atoms with Crippen LogP contribution in [0.4, 0.5) is 5.69 Å². The molecule has 0 aliphatic carbocycles. The maximum absolute atomic E-state index is 12.4.